The summed E-state index contributed by atoms with van der Waals surface area (Å²) in [5, 5.41) is 2.00. The molecule has 0 aliphatic carbocycles. The van der Waals surface area contributed by atoms with Crippen LogP contribution < -0.4 is 0 Å². The van der Waals surface area contributed by atoms with Gasteiger partial charge in [-0.3, -0.25) is 4.98 Å². The Morgan fingerprint density at radius 2 is 2.38 bits per heavy atom. The first-order chi connectivity index (χ1) is 7.75. The molecule has 1 aliphatic heterocycles. The first-order valence-electron chi connectivity index (χ1n) is 5.00. The van der Waals surface area contributed by atoms with Gasteiger partial charge in [0.25, 0.3) is 0 Å². The number of hydrogen-bond donors (Lipinski definition) is 0. The predicted molar refractivity (Wildman–Crippen MR) is 61.4 cm³/mol. The summed E-state index contributed by atoms with van der Waals surface area (Å²) in [6.07, 6.45) is 1.57. The van der Waals surface area contributed by atoms with Crippen LogP contribution in [-0.2, 0) is 4.74 Å². The van der Waals surface area contributed by atoms with E-state index >= 15 is 0 Å². The number of fused-ring (bicyclic) bond motifs is 1. The lowest BCUT2D eigenvalue weighted by Gasteiger charge is -2.01. The molecule has 3 heterocycles. The van der Waals surface area contributed by atoms with Crippen molar-refractivity contribution in [3.63, 3.8) is 0 Å². The number of pyridine rings is 1. The number of aromatic nitrogens is 1. The summed E-state index contributed by atoms with van der Waals surface area (Å²) in [4.78, 5) is 17.0. The Morgan fingerprint density at radius 1 is 1.50 bits per heavy atom. The number of rotatable bonds is 1. The summed E-state index contributed by atoms with van der Waals surface area (Å²) in [5.74, 6) is -0.270. The number of carbonyl (C=O) groups excluding carboxylic acids is 1. The number of carbonyl (C=O) groups is 1. The summed E-state index contributed by atoms with van der Waals surface area (Å²) >= 11 is 1.63. The number of cyclic esters (lactones) is 1. The number of thiophene rings is 1. The Morgan fingerprint density at radius 3 is 3.12 bits per heavy atom. The maximum atomic E-state index is 11.5. The van der Waals surface area contributed by atoms with Crippen LogP contribution in [0.5, 0.6) is 0 Å². The molecule has 0 spiro atoms. The summed E-state index contributed by atoms with van der Waals surface area (Å²) in [7, 11) is 0. The minimum atomic E-state index is -0.270. The Balaban J connectivity index is 2.13. The topological polar surface area (TPSA) is 39.2 Å². The lowest BCUT2D eigenvalue weighted by Crippen LogP contribution is -1.94. The van der Waals surface area contributed by atoms with E-state index in [4.69, 9.17) is 4.74 Å². The zero-order valence-electron chi connectivity index (χ0n) is 8.64. The van der Waals surface area contributed by atoms with Gasteiger partial charge < -0.3 is 4.74 Å². The van der Waals surface area contributed by atoms with E-state index in [1.54, 1.807) is 17.5 Å². The van der Waals surface area contributed by atoms with E-state index in [9.17, 15) is 4.79 Å². The molecule has 0 saturated heterocycles. The molecule has 0 amide bonds. The van der Waals surface area contributed by atoms with Gasteiger partial charge in [0.2, 0.25) is 0 Å². The Hall–Kier alpha value is -1.68. The fourth-order valence-electron chi connectivity index (χ4n) is 1.82. The van der Waals surface area contributed by atoms with Gasteiger partial charge in [0, 0.05) is 16.6 Å². The van der Waals surface area contributed by atoms with Crippen molar-refractivity contribution in [2.45, 2.75) is 13.0 Å². The van der Waals surface area contributed by atoms with Gasteiger partial charge in [0.1, 0.15) is 6.10 Å². The average molecular weight is 231 g/mol. The first kappa shape index (κ1) is 9.54. The molecule has 0 saturated carbocycles. The summed E-state index contributed by atoms with van der Waals surface area (Å²) in [6.45, 7) is 1.83. The van der Waals surface area contributed by atoms with Gasteiger partial charge in [-0.05, 0) is 24.4 Å². The number of esters is 1. The molecule has 16 heavy (non-hydrogen) atoms. The summed E-state index contributed by atoms with van der Waals surface area (Å²) in [6, 6.07) is 5.85. The van der Waals surface area contributed by atoms with Crippen molar-refractivity contribution in [1.82, 2.24) is 4.98 Å². The quantitative estimate of drug-likeness (QED) is 0.708. The van der Waals surface area contributed by atoms with Crippen LogP contribution >= 0.6 is 11.3 Å². The first-order valence-corrected chi connectivity index (χ1v) is 5.88. The lowest BCUT2D eigenvalue weighted by atomic mass is 10.1. The predicted octanol–water partition coefficient (Wildman–Crippen LogP) is 3.04. The zero-order valence-corrected chi connectivity index (χ0v) is 9.45. The third-order valence-electron chi connectivity index (χ3n) is 2.61. The third kappa shape index (κ3) is 1.34. The van der Waals surface area contributed by atoms with Crippen molar-refractivity contribution in [2.24, 2.45) is 0 Å². The summed E-state index contributed by atoms with van der Waals surface area (Å²) < 4.78 is 5.11. The highest BCUT2D eigenvalue weighted by molar-refractivity contribution is 7.13. The SMILES string of the molecule is CC1OC(=O)c2cc(-c3cccs3)cnc21. The van der Waals surface area contributed by atoms with Gasteiger partial charge in [-0.1, -0.05) is 6.07 Å². The van der Waals surface area contributed by atoms with Crippen molar-refractivity contribution in [1.29, 1.82) is 0 Å². The second-order valence-electron chi connectivity index (χ2n) is 3.68. The molecule has 0 aromatic carbocycles. The molecule has 3 nitrogen and oxygen atoms in total. The number of ether oxygens (including phenoxy) is 1. The second kappa shape index (κ2) is 3.42. The smallest absolute Gasteiger partial charge is 0.340 e. The maximum Gasteiger partial charge on any atom is 0.340 e. The van der Waals surface area contributed by atoms with Crippen LogP contribution in [0.4, 0.5) is 0 Å². The van der Waals surface area contributed by atoms with Crippen molar-refractivity contribution in [3.8, 4) is 10.4 Å². The van der Waals surface area contributed by atoms with Crippen molar-refractivity contribution >= 4 is 17.3 Å². The van der Waals surface area contributed by atoms with E-state index in [0.717, 1.165) is 16.1 Å². The molecule has 0 bridgehead atoms. The average Bonchev–Trinajstić information content (AvgIpc) is 2.88. The van der Waals surface area contributed by atoms with Crippen molar-refractivity contribution in [3.05, 3.63) is 41.0 Å². The fraction of sp³-hybridized carbons (Fsp3) is 0.167. The summed E-state index contributed by atoms with van der Waals surface area (Å²) in [5.41, 5.74) is 2.31. The number of hydrogen-bond acceptors (Lipinski definition) is 4. The van der Waals surface area contributed by atoms with Crippen LogP contribution in [0.1, 0.15) is 29.1 Å². The Labute approximate surface area is 96.7 Å². The molecule has 1 aliphatic rings. The molecule has 1 unspecified atom stereocenters. The van der Waals surface area contributed by atoms with Gasteiger partial charge in [0.05, 0.1) is 11.3 Å². The third-order valence-corrected chi connectivity index (χ3v) is 3.53. The normalized spacial score (nSPS) is 18.3. The van der Waals surface area contributed by atoms with Gasteiger partial charge in [-0.2, -0.15) is 0 Å². The van der Waals surface area contributed by atoms with E-state index in [2.05, 4.69) is 4.98 Å². The minimum Gasteiger partial charge on any atom is -0.452 e. The lowest BCUT2D eigenvalue weighted by molar-refractivity contribution is 0.0418. The van der Waals surface area contributed by atoms with E-state index in [0.29, 0.717) is 5.56 Å². The highest BCUT2D eigenvalue weighted by Gasteiger charge is 2.29. The van der Waals surface area contributed by atoms with Crippen LogP contribution in [0.2, 0.25) is 0 Å². The molecular formula is C12H9NO2S. The van der Waals surface area contributed by atoms with Gasteiger partial charge in [-0.15, -0.1) is 11.3 Å². The molecular weight excluding hydrogens is 222 g/mol. The van der Waals surface area contributed by atoms with Gasteiger partial charge in [-0.25, -0.2) is 4.79 Å². The Bertz CT molecular complexity index is 548. The van der Waals surface area contributed by atoms with E-state index in [-0.39, 0.29) is 12.1 Å². The fourth-order valence-corrected chi connectivity index (χ4v) is 2.53. The Kier molecular flexibility index (Phi) is 2.04. The van der Waals surface area contributed by atoms with Crippen molar-refractivity contribution < 1.29 is 9.53 Å². The molecule has 4 heteroatoms. The zero-order chi connectivity index (χ0) is 11.1. The molecule has 0 radical (unpaired) electrons. The van der Waals surface area contributed by atoms with Crippen LogP contribution in [0.3, 0.4) is 0 Å². The molecule has 0 fully saturated rings. The van der Waals surface area contributed by atoms with Gasteiger partial charge in [0.15, 0.2) is 0 Å². The monoisotopic (exact) mass is 231 g/mol. The molecule has 2 aromatic rings. The maximum absolute atomic E-state index is 11.5. The number of nitrogens with zero attached hydrogens (tertiary/aromatic N) is 1. The molecule has 3 rings (SSSR count). The van der Waals surface area contributed by atoms with Crippen molar-refractivity contribution in [2.75, 3.05) is 0 Å². The van der Waals surface area contributed by atoms with Gasteiger partial charge >= 0.3 is 5.97 Å². The highest BCUT2D eigenvalue weighted by Crippen LogP contribution is 2.32. The standard InChI is InChI=1S/C12H9NO2S/c1-7-11-9(12(14)15-7)5-8(6-13-11)10-3-2-4-16-10/h2-7H,1H3. The van der Waals surface area contributed by atoms with Crippen LogP contribution in [0.15, 0.2) is 29.8 Å². The highest BCUT2D eigenvalue weighted by atomic mass is 32.1. The van der Waals surface area contributed by atoms with E-state index in [1.165, 1.54) is 0 Å². The van der Waals surface area contributed by atoms with Crippen LogP contribution in [0, 0.1) is 0 Å². The van der Waals surface area contributed by atoms with Crippen LogP contribution in [0.25, 0.3) is 10.4 Å². The van der Waals surface area contributed by atoms with E-state index < -0.39 is 0 Å². The molecule has 0 N–H and O–H groups in total. The minimum absolute atomic E-state index is 0.222. The van der Waals surface area contributed by atoms with Crippen LogP contribution in [-0.4, -0.2) is 11.0 Å². The molecule has 2 aromatic heterocycles. The van der Waals surface area contributed by atoms with E-state index in [1.807, 2.05) is 30.5 Å². The molecule has 80 valence electrons. The largest absolute Gasteiger partial charge is 0.452 e. The second-order valence-corrected chi connectivity index (χ2v) is 4.63. The molecule has 1 atom stereocenters.